The van der Waals surface area contributed by atoms with E-state index in [4.69, 9.17) is 4.74 Å². The molecule has 1 aliphatic rings. The van der Waals surface area contributed by atoms with Crippen molar-refractivity contribution in [2.75, 3.05) is 13.7 Å². The fraction of sp³-hybridized carbons (Fsp3) is 0.348. The van der Waals surface area contributed by atoms with Gasteiger partial charge in [-0.3, -0.25) is 14.6 Å². The predicted molar refractivity (Wildman–Crippen MR) is 114 cm³/mol. The Hall–Kier alpha value is -3.55. The molecule has 8 heteroatoms. The molecule has 8 nitrogen and oxygen atoms in total. The van der Waals surface area contributed by atoms with E-state index in [1.807, 2.05) is 13.1 Å². The highest BCUT2D eigenvalue weighted by Crippen LogP contribution is 2.47. The molecule has 0 radical (unpaired) electrons. The van der Waals surface area contributed by atoms with Crippen molar-refractivity contribution in [3.8, 4) is 17.0 Å². The maximum Gasteiger partial charge on any atom is 0.325 e. The molecule has 1 fully saturated rings. The number of hydrogen-bond acceptors (Lipinski definition) is 7. The van der Waals surface area contributed by atoms with Crippen LogP contribution in [0.2, 0.25) is 0 Å². The van der Waals surface area contributed by atoms with Crippen molar-refractivity contribution in [2.45, 2.75) is 32.7 Å². The maximum absolute atomic E-state index is 12.1. The monoisotopic (exact) mass is 420 g/mol. The third-order valence-electron chi connectivity index (χ3n) is 5.37. The van der Waals surface area contributed by atoms with Crippen molar-refractivity contribution in [3.05, 3.63) is 70.3 Å². The standard InChI is InChI=1S/C23H24N4O4/c1-14-4-6-20(25-9-14)18-8-17(18)13-31-23-19(10-24-15(2)26-23)16-5-7-21(28)27(11-16)12-22(29)30-3/h4-7,9-11,17-18H,8,12-13H2,1-3H3/t17?,18-/m1/s1. The van der Waals surface area contributed by atoms with Gasteiger partial charge in [-0.1, -0.05) is 6.07 Å². The zero-order chi connectivity index (χ0) is 22.0. The predicted octanol–water partition coefficient (Wildman–Crippen LogP) is 2.67. The minimum Gasteiger partial charge on any atom is -0.477 e. The van der Waals surface area contributed by atoms with E-state index in [0.717, 1.165) is 17.7 Å². The topological polar surface area (TPSA) is 96.2 Å². The van der Waals surface area contributed by atoms with Crippen LogP contribution in [0.25, 0.3) is 11.1 Å². The summed E-state index contributed by atoms with van der Waals surface area (Å²) in [4.78, 5) is 37.0. The molecular formula is C23H24N4O4. The lowest BCUT2D eigenvalue weighted by molar-refractivity contribution is -0.141. The number of ether oxygens (including phenoxy) is 2. The number of nitrogens with zero attached hydrogens (tertiary/aromatic N) is 4. The molecule has 3 heterocycles. The Morgan fingerprint density at radius 1 is 1.16 bits per heavy atom. The van der Waals surface area contributed by atoms with Gasteiger partial charge in [-0.25, -0.2) is 4.98 Å². The number of esters is 1. The summed E-state index contributed by atoms with van der Waals surface area (Å²) in [6.07, 6.45) is 6.18. The first-order valence-electron chi connectivity index (χ1n) is 10.1. The fourth-order valence-corrected chi connectivity index (χ4v) is 3.45. The van der Waals surface area contributed by atoms with Gasteiger partial charge in [0.2, 0.25) is 5.88 Å². The van der Waals surface area contributed by atoms with E-state index in [2.05, 4.69) is 31.8 Å². The maximum atomic E-state index is 12.1. The molecule has 1 unspecified atom stereocenters. The Bertz CT molecular complexity index is 1160. The molecule has 0 N–H and O–H groups in total. The van der Waals surface area contributed by atoms with Crippen molar-refractivity contribution in [2.24, 2.45) is 5.92 Å². The van der Waals surface area contributed by atoms with Crippen LogP contribution in [-0.4, -0.2) is 39.2 Å². The first kappa shape index (κ1) is 20.7. The van der Waals surface area contributed by atoms with E-state index >= 15 is 0 Å². The van der Waals surface area contributed by atoms with Crippen molar-refractivity contribution in [3.63, 3.8) is 0 Å². The summed E-state index contributed by atoms with van der Waals surface area (Å²) < 4.78 is 12.0. The zero-order valence-corrected chi connectivity index (χ0v) is 17.7. The van der Waals surface area contributed by atoms with Gasteiger partial charge >= 0.3 is 5.97 Å². The van der Waals surface area contributed by atoms with E-state index in [-0.39, 0.29) is 12.1 Å². The van der Waals surface area contributed by atoms with E-state index in [0.29, 0.717) is 41.3 Å². The second kappa shape index (κ2) is 8.67. The summed E-state index contributed by atoms with van der Waals surface area (Å²) in [6.45, 7) is 4.17. The first-order chi connectivity index (χ1) is 14.9. The van der Waals surface area contributed by atoms with E-state index in [9.17, 15) is 9.59 Å². The van der Waals surface area contributed by atoms with Crippen LogP contribution in [0.1, 0.15) is 29.4 Å². The SMILES string of the molecule is COC(=O)Cn1cc(-c2cnc(C)nc2OCC2C[C@H]2c2ccc(C)cn2)ccc1=O. The minimum atomic E-state index is -0.500. The van der Waals surface area contributed by atoms with Gasteiger partial charge in [0.1, 0.15) is 12.4 Å². The summed E-state index contributed by atoms with van der Waals surface area (Å²) in [5, 5.41) is 0. The molecule has 1 saturated carbocycles. The van der Waals surface area contributed by atoms with Crippen molar-refractivity contribution in [1.29, 1.82) is 0 Å². The Balaban J connectivity index is 1.52. The van der Waals surface area contributed by atoms with Crippen LogP contribution >= 0.6 is 0 Å². The second-order valence-corrected chi connectivity index (χ2v) is 7.77. The van der Waals surface area contributed by atoms with Crippen LogP contribution in [0.15, 0.2) is 47.7 Å². The molecule has 0 spiro atoms. The number of carbonyl (C=O) groups excluding carboxylic acids is 1. The van der Waals surface area contributed by atoms with E-state index in [1.165, 1.54) is 17.7 Å². The molecule has 3 aromatic rings. The van der Waals surface area contributed by atoms with E-state index < -0.39 is 5.97 Å². The molecule has 0 aromatic carbocycles. The van der Waals surface area contributed by atoms with Crippen molar-refractivity contribution >= 4 is 5.97 Å². The van der Waals surface area contributed by atoms with Crippen molar-refractivity contribution < 1.29 is 14.3 Å². The zero-order valence-electron chi connectivity index (χ0n) is 17.7. The van der Waals surface area contributed by atoms with Gasteiger partial charge in [-0.2, -0.15) is 4.98 Å². The minimum absolute atomic E-state index is 0.167. The van der Waals surface area contributed by atoms with Crippen LogP contribution in [0.3, 0.4) is 0 Å². The lowest BCUT2D eigenvalue weighted by Gasteiger charge is -2.12. The van der Waals surface area contributed by atoms with Gasteiger partial charge < -0.3 is 14.0 Å². The Morgan fingerprint density at radius 2 is 2.00 bits per heavy atom. The van der Waals surface area contributed by atoms with Crippen LogP contribution in [0.4, 0.5) is 0 Å². The molecule has 0 amide bonds. The number of carbonyl (C=O) groups is 1. The Labute approximate surface area is 179 Å². The Morgan fingerprint density at radius 3 is 2.74 bits per heavy atom. The summed E-state index contributed by atoms with van der Waals surface area (Å²) in [5.41, 5.74) is 3.29. The van der Waals surface area contributed by atoms with Gasteiger partial charge in [0, 0.05) is 47.8 Å². The summed E-state index contributed by atoms with van der Waals surface area (Å²) in [6, 6.07) is 7.23. The Kier molecular flexibility index (Phi) is 5.79. The molecule has 3 aromatic heterocycles. The average molecular weight is 420 g/mol. The van der Waals surface area contributed by atoms with Gasteiger partial charge in [0.15, 0.2) is 0 Å². The average Bonchev–Trinajstić information content (AvgIpc) is 3.54. The molecule has 0 aliphatic heterocycles. The van der Waals surface area contributed by atoms with Gasteiger partial charge in [0.05, 0.1) is 19.3 Å². The largest absolute Gasteiger partial charge is 0.477 e. The molecule has 4 rings (SSSR count). The second-order valence-electron chi connectivity index (χ2n) is 7.77. The van der Waals surface area contributed by atoms with Crippen LogP contribution < -0.4 is 10.3 Å². The van der Waals surface area contributed by atoms with Gasteiger partial charge in [-0.15, -0.1) is 0 Å². The molecule has 160 valence electrons. The third-order valence-corrected chi connectivity index (χ3v) is 5.37. The summed E-state index contributed by atoms with van der Waals surface area (Å²) in [7, 11) is 1.29. The van der Waals surface area contributed by atoms with Crippen LogP contribution in [0.5, 0.6) is 5.88 Å². The first-order valence-corrected chi connectivity index (χ1v) is 10.1. The fourth-order valence-electron chi connectivity index (χ4n) is 3.45. The number of rotatable bonds is 7. The molecule has 31 heavy (non-hydrogen) atoms. The number of aromatic nitrogens is 4. The molecule has 0 saturated heterocycles. The summed E-state index contributed by atoms with van der Waals surface area (Å²) >= 11 is 0. The summed E-state index contributed by atoms with van der Waals surface area (Å²) in [5.74, 6) is 1.33. The molecular weight excluding hydrogens is 396 g/mol. The number of pyridine rings is 2. The van der Waals surface area contributed by atoms with E-state index in [1.54, 1.807) is 25.4 Å². The quantitative estimate of drug-likeness (QED) is 0.542. The highest BCUT2D eigenvalue weighted by Gasteiger charge is 2.40. The lowest BCUT2D eigenvalue weighted by Crippen LogP contribution is -2.23. The highest BCUT2D eigenvalue weighted by molar-refractivity contribution is 5.70. The number of methoxy groups -OCH3 is 1. The normalized spacial score (nSPS) is 17.3. The molecule has 1 aliphatic carbocycles. The van der Waals surface area contributed by atoms with Crippen molar-refractivity contribution in [1.82, 2.24) is 19.5 Å². The van der Waals surface area contributed by atoms with Crippen LogP contribution in [0, 0.1) is 19.8 Å². The van der Waals surface area contributed by atoms with Crippen LogP contribution in [-0.2, 0) is 16.1 Å². The van der Waals surface area contributed by atoms with Gasteiger partial charge in [0.25, 0.3) is 5.56 Å². The number of aryl methyl sites for hydroxylation is 2. The smallest absolute Gasteiger partial charge is 0.325 e. The third kappa shape index (κ3) is 4.79. The van der Waals surface area contributed by atoms with Gasteiger partial charge in [-0.05, 0) is 38.0 Å². The lowest BCUT2D eigenvalue weighted by atomic mass is 10.1. The highest BCUT2D eigenvalue weighted by atomic mass is 16.5. The number of hydrogen-bond donors (Lipinski definition) is 0. The molecule has 0 bridgehead atoms. The molecule has 2 atom stereocenters.